The first kappa shape index (κ1) is 13.8. The molecule has 2 unspecified atom stereocenters. The number of halogens is 3. The maximum absolute atomic E-state index is 11.9. The Balaban J connectivity index is 2.35. The summed E-state index contributed by atoms with van der Waals surface area (Å²) < 4.78 is 41.1. The van der Waals surface area contributed by atoms with Crippen LogP contribution < -0.4 is 5.73 Å². The molecule has 1 aliphatic rings. The lowest BCUT2D eigenvalue weighted by molar-refractivity contribution is -0.152. The first-order valence-electron chi connectivity index (χ1n) is 5.64. The average Bonchev–Trinajstić information content (AvgIpc) is 2.09. The molecule has 1 saturated carbocycles. The van der Waals surface area contributed by atoms with Gasteiger partial charge in [-0.05, 0) is 24.7 Å². The summed E-state index contributed by atoms with van der Waals surface area (Å²) in [5.41, 5.74) is 5.97. The lowest BCUT2D eigenvalue weighted by Gasteiger charge is -2.39. The zero-order valence-electron chi connectivity index (χ0n) is 9.81. The molecule has 2 N–H and O–H groups in total. The zero-order valence-corrected chi connectivity index (χ0v) is 9.81. The van der Waals surface area contributed by atoms with E-state index in [0.717, 1.165) is 19.3 Å². The van der Waals surface area contributed by atoms with Crippen molar-refractivity contribution >= 4 is 0 Å². The molecule has 0 radical (unpaired) electrons. The number of nitrogens with two attached hydrogens (primary N) is 1. The van der Waals surface area contributed by atoms with Crippen molar-refractivity contribution in [2.45, 2.75) is 57.9 Å². The second-order valence-electron chi connectivity index (χ2n) is 5.35. The minimum atomic E-state index is -4.14. The van der Waals surface area contributed by atoms with Crippen molar-refractivity contribution in [1.82, 2.24) is 0 Å². The SMILES string of the molecule is CC1(C)CCC(N)C(OCCC(F)(F)F)C1. The van der Waals surface area contributed by atoms with Gasteiger partial charge >= 0.3 is 6.18 Å². The van der Waals surface area contributed by atoms with Crippen LogP contribution >= 0.6 is 0 Å². The van der Waals surface area contributed by atoms with Gasteiger partial charge in [0.25, 0.3) is 0 Å². The highest BCUT2D eigenvalue weighted by Crippen LogP contribution is 2.36. The number of rotatable bonds is 3. The summed E-state index contributed by atoms with van der Waals surface area (Å²) in [5, 5.41) is 0. The predicted octanol–water partition coefficient (Wildman–Crippen LogP) is 2.86. The topological polar surface area (TPSA) is 35.2 Å². The molecule has 2 nitrogen and oxygen atoms in total. The zero-order chi connectivity index (χ0) is 12.4. The third-order valence-electron chi connectivity index (χ3n) is 3.10. The maximum atomic E-state index is 11.9. The summed E-state index contributed by atoms with van der Waals surface area (Å²) in [6.07, 6.45) is -2.69. The van der Waals surface area contributed by atoms with E-state index >= 15 is 0 Å². The van der Waals surface area contributed by atoms with Crippen LogP contribution in [0.2, 0.25) is 0 Å². The van der Waals surface area contributed by atoms with Crippen LogP contribution in [-0.2, 0) is 4.74 Å². The molecule has 0 bridgehead atoms. The monoisotopic (exact) mass is 239 g/mol. The molecule has 0 aromatic rings. The molecule has 0 spiro atoms. The summed E-state index contributed by atoms with van der Waals surface area (Å²) in [7, 11) is 0. The third-order valence-corrected chi connectivity index (χ3v) is 3.10. The fourth-order valence-electron chi connectivity index (χ4n) is 2.05. The van der Waals surface area contributed by atoms with Gasteiger partial charge in [-0.1, -0.05) is 13.8 Å². The van der Waals surface area contributed by atoms with Crippen LogP contribution in [0.3, 0.4) is 0 Å². The molecule has 16 heavy (non-hydrogen) atoms. The van der Waals surface area contributed by atoms with Gasteiger partial charge < -0.3 is 10.5 Å². The van der Waals surface area contributed by atoms with E-state index in [9.17, 15) is 13.2 Å². The Morgan fingerprint density at radius 3 is 2.56 bits per heavy atom. The Morgan fingerprint density at radius 1 is 1.38 bits per heavy atom. The van der Waals surface area contributed by atoms with Crippen molar-refractivity contribution in [2.75, 3.05) is 6.61 Å². The van der Waals surface area contributed by atoms with E-state index in [0.29, 0.717) is 0 Å². The van der Waals surface area contributed by atoms with Crippen molar-refractivity contribution in [3.63, 3.8) is 0 Å². The lowest BCUT2D eigenvalue weighted by Crippen LogP contribution is -2.44. The van der Waals surface area contributed by atoms with Crippen LogP contribution in [-0.4, -0.2) is 24.9 Å². The highest BCUT2D eigenvalue weighted by Gasteiger charge is 2.34. The number of ether oxygens (including phenoxy) is 1. The molecule has 0 aromatic carbocycles. The first-order valence-corrected chi connectivity index (χ1v) is 5.64. The average molecular weight is 239 g/mol. The van der Waals surface area contributed by atoms with Gasteiger partial charge in [-0.15, -0.1) is 0 Å². The molecule has 1 rings (SSSR count). The summed E-state index contributed by atoms with van der Waals surface area (Å²) in [5.74, 6) is 0. The van der Waals surface area contributed by atoms with E-state index in [-0.39, 0.29) is 24.2 Å². The Hall–Kier alpha value is -0.290. The number of hydrogen-bond acceptors (Lipinski definition) is 2. The van der Waals surface area contributed by atoms with Crippen LogP contribution in [0, 0.1) is 5.41 Å². The molecular formula is C11H20F3NO. The van der Waals surface area contributed by atoms with E-state index in [2.05, 4.69) is 13.8 Å². The fourth-order valence-corrected chi connectivity index (χ4v) is 2.05. The van der Waals surface area contributed by atoms with Crippen LogP contribution in [0.25, 0.3) is 0 Å². The Kier molecular flexibility index (Phi) is 4.23. The van der Waals surface area contributed by atoms with Crippen molar-refractivity contribution in [3.8, 4) is 0 Å². The van der Waals surface area contributed by atoms with E-state index in [1.807, 2.05) is 0 Å². The molecular weight excluding hydrogens is 219 g/mol. The minimum Gasteiger partial charge on any atom is -0.376 e. The molecule has 5 heteroatoms. The molecule has 0 heterocycles. The van der Waals surface area contributed by atoms with E-state index in [4.69, 9.17) is 10.5 Å². The Bertz CT molecular complexity index is 228. The van der Waals surface area contributed by atoms with Crippen LogP contribution in [0.1, 0.15) is 39.5 Å². The first-order chi connectivity index (χ1) is 7.20. The smallest absolute Gasteiger partial charge is 0.376 e. The molecule has 0 amide bonds. The van der Waals surface area contributed by atoms with Gasteiger partial charge in [0.15, 0.2) is 0 Å². The summed E-state index contributed by atoms with van der Waals surface area (Å²) in [4.78, 5) is 0. The molecule has 0 aliphatic heterocycles. The summed E-state index contributed by atoms with van der Waals surface area (Å²) >= 11 is 0. The van der Waals surface area contributed by atoms with Gasteiger partial charge in [-0.25, -0.2) is 0 Å². The van der Waals surface area contributed by atoms with Crippen molar-refractivity contribution < 1.29 is 17.9 Å². The highest BCUT2D eigenvalue weighted by molar-refractivity contribution is 4.87. The second kappa shape index (κ2) is 4.92. The molecule has 1 aliphatic carbocycles. The van der Waals surface area contributed by atoms with Gasteiger partial charge in [0.1, 0.15) is 0 Å². The van der Waals surface area contributed by atoms with Gasteiger partial charge in [0.05, 0.1) is 19.1 Å². The molecule has 1 fully saturated rings. The molecule has 0 aromatic heterocycles. The minimum absolute atomic E-state index is 0.124. The van der Waals surface area contributed by atoms with Crippen LogP contribution in [0.4, 0.5) is 13.2 Å². The summed E-state index contributed by atoms with van der Waals surface area (Å²) in [6, 6.07) is -0.124. The van der Waals surface area contributed by atoms with Gasteiger partial charge in [0, 0.05) is 6.04 Å². The van der Waals surface area contributed by atoms with Crippen LogP contribution in [0.15, 0.2) is 0 Å². The van der Waals surface area contributed by atoms with Gasteiger partial charge in [0.2, 0.25) is 0 Å². The molecule has 2 atom stereocenters. The largest absolute Gasteiger partial charge is 0.391 e. The summed E-state index contributed by atoms with van der Waals surface area (Å²) in [6.45, 7) is 3.91. The van der Waals surface area contributed by atoms with E-state index in [1.54, 1.807) is 0 Å². The lowest BCUT2D eigenvalue weighted by atomic mass is 9.74. The molecule has 0 saturated heterocycles. The van der Waals surface area contributed by atoms with Crippen molar-refractivity contribution in [3.05, 3.63) is 0 Å². The highest BCUT2D eigenvalue weighted by atomic mass is 19.4. The molecule has 96 valence electrons. The Morgan fingerprint density at radius 2 is 2.00 bits per heavy atom. The van der Waals surface area contributed by atoms with Crippen LogP contribution in [0.5, 0.6) is 0 Å². The van der Waals surface area contributed by atoms with Crippen molar-refractivity contribution in [1.29, 1.82) is 0 Å². The van der Waals surface area contributed by atoms with Gasteiger partial charge in [-0.3, -0.25) is 0 Å². The van der Waals surface area contributed by atoms with E-state index in [1.165, 1.54) is 0 Å². The quantitative estimate of drug-likeness (QED) is 0.822. The van der Waals surface area contributed by atoms with Crippen molar-refractivity contribution in [2.24, 2.45) is 11.1 Å². The third kappa shape index (κ3) is 4.70. The normalized spacial score (nSPS) is 30.4. The standard InChI is InChI=1S/C11H20F3NO/c1-10(2)4-3-8(15)9(7-10)16-6-5-11(12,13)14/h8-9H,3-7,15H2,1-2H3. The fraction of sp³-hybridized carbons (Fsp3) is 1.00. The Labute approximate surface area is 94.3 Å². The van der Waals surface area contributed by atoms with Gasteiger partial charge in [-0.2, -0.15) is 13.2 Å². The number of hydrogen-bond donors (Lipinski definition) is 1. The predicted molar refractivity (Wildman–Crippen MR) is 56.0 cm³/mol. The number of alkyl halides is 3. The van der Waals surface area contributed by atoms with E-state index < -0.39 is 12.6 Å². The maximum Gasteiger partial charge on any atom is 0.391 e. The second-order valence-corrected chi connectivity index (χ2v) is 5.35.